The number of anilines is 1. The van der Waals surface area contributed by atoms with Crippen molar-refractivity contribution in [3.8, 4) is 5.69 Å². The van der Waals surface area contributed by atoms with Crippen LogP contribution in [0.4, 0.5) is 10.2 Å². The molecule has 1 aromatic carbocycles. The van der Waals surface area contributed by atoms with Gasteiger partial charge in [0.1, 0.15) is 18.0 Å². The molecule has 6 heteroatoms. The minimum absolute atomic E-state index is 0.323. The van der Waals surface area contributed by atoms with Crippen LogP contribution in [0.3, 0.4) is 0 Å². The van der Waals surface area contributed by atoms with Gasteiger partial charge >= 0.3 is 0 Å². The van der Waals surface area contributed by atoms with Gasteiger partial charge in [0, 0.05) is 10.2 Å². The van der Waals surface area contributed by atoms with E-state index < -0.39 is 0 Å². The monoisotopic (exact) mass is 334 g/mol. The second-order valence-corrected chi connectivity index (χ2v) is 5.51. The zero-order chi connectivity index (χ0) is 14.4. The maximum Gasteiger partial charge on any atom is 0.150 e. The Morgan fingerprint density at radius 2 is 2.00 bits per heavy atom. The summed E-state index contributed by atoms with van der Waals surface area (Å²) >= 11 is 3.26. The maximum absolute atomic E-state index is 14.2. The number of hydrogen-bond donors (Lipinski definition) is 1. The molecule has 0 aliphatic heterocycles. The molecule has 0 aliphatic rings. The third kappa shape index (κ3) is 1.79. The summed E-state index contributed by atoms with van der Waals surface area (Å²) in [5.74, 6) is 0.0865. The number of nitrogens with zero attached hydrogens (tertiary/aromatic N) is 3. The second kappa shape index (κ2) is 4.56. The Kier molecular flexibility index (Phi) is 2.97. The Hall–Kier alpha value is -1.95. The van der Waals surface area contributed by atoms with Gasteiger partial charge < -0.3 is 5.73 Å². The number of benzene rings is 1. The lowest BCUT2D eigenvalue weighted by Gasteiger charge is -2.09. The first-order valence-corrected chi connectivity index (χ1v) is 6.83. The molecule has 0 saturated heterocycles. The number of aromatic nitrogens is 3. The summed E-state index contributed by atoms with van der Waals surface area (Å²) in [4.78, 5) is 8.26. The molecule has 2 aromatic heterocycles. The van der Waals surface area contributed by atoms with Crippen molar-refractivity contribution in [2.45, 2.75) is 13.8 Å². The zero-order valence-electron chi connectivity index (χ0n) is 11.0. The average Bonchev–Trinajstić information content (AvgIpc) is 2.64. The molecule has 0 fully saturated rings. The summed E-state index contributed by atoms with van der Waals surface area (Å²) in [5.41, 5.74) is 8.83. The Morgan fingerprint density at radius 3 is 2.70 bits per heavy atom. The molecule has 2 N–H and O–H groups in total. The van der Waals surface area contributed by atoms with Crippen LogP contribution in [0.15, 0.2) is 29.0 Å². The highest BCUT2D eigenvalue weighted by Gasteiger charge is 2.18. The Balaban J connectivity index is 2.42. The number of hydrogen-bond acceptors (Lipinski definition) is 3. The molecule has 20 heavy (non-hydrogen) atoms. The highest BCUT2D eigenvalue weighted by molar-refractivity contribution is 9.10. The summed E-state index contributed by atoms with van der Waals surface area (Å²) in [5, 5.41) is 0.771. The molecule has 0 unspecified atom stereocenters. The second-order valence-electron chi connectivity index (χ2n) is 4.60. The minimum Gasteiger partial charge on any atom is -0.383 e. The van der Waals surface area contributed by atoms with E-state index in [1.165, 1.54) is 12.4 Å². The van der Waals surface area contributed by atoms with Crippen molar-refractivity contribution in [3.05, 3.63) is 46.1 Å². The normalized spacial score (nSPS) is 11.2. The van der Waals surface area contributed by atoms with Gasteiger partial charge in [-0.25, -0.2) is 14.4 Å². The van der Waals surface area contributed by atoms with E-state index in [0.29, 0.717) is 21.6 Å². The SMILES string of the molecule is Cc1c(C)n(-c2ccc(Br)cc2F)c2ncnc(N)c12. The molecule has 0 radical (unpaired) electrons. The van der Waals surface area contributed by atoms with Crippen LogP contribution >= 0.6 is 15.9 Å². The van der Waals surface area contributed by atoms with Gasteiger partial charge in [-0.15, -0.1) is 0 Å². The lowest BCUT2D eigenvalue weighted by atomic mass is 10.2. The van der Waals surface area contributed by atoms with Crippen LogP contribution in [0, 0.1) is 19.7 Å². The fraction of sp³-hybridized carbons (Fsp3) is 0.143. The van der Waals surface area contributed by atoms with Crippen molar-refractivity contribution >= 4 is 32.8 Å². The van der Waals surface area contributed by atoms with Crippen LogP contribution in [0.5, 0.6) is 0 Å². The van der Waals surface area contributed by atoms with Crippen molar-refractivity contribution in [2.24, 2.45) is 0 Å². The number of nitrogen functional groups attached to an aromatic ring is 1. The van der Waals surface area contributed by atoms with Crippen LogP contribution < -0.4 is 5.73 Å². The third-order valence-electron chi connectivity index (χ3n) is 3.47. The van der Waals surface area contributed by atoms with Gasteiger partial charge in [0.25, 0.3) is 0 Å². The number of rotatable bonds is 1. The largest absolute Gasteiger partial charge is 0.383 e. The van der Waals surface area contributed by atoms with Gasteiger partial charge in [-0.3, -0.25) is 4.57 Å². The van der Waals surface area contributed by atoms with Crippen molar-refractivity contribution in [2.75, 3.05) is 5.73 Å². The number of halogens is 2. The van der Waals surface area contributed by atoms with Crippen LogP contribution in [0.2, 0.25) is 0 Å². The topological polar surface area (TPSA) is 56.7 Å². The molecule has 102 valence electrons. The highest BCUT2D eigenvalue weighted by atomic mass is 79.9. The molecule has 4 nitrogen and oxygen atoms in total. The molecular formula is C14H12BrFN4. The standard InChI is InChI=1S/C14H12BrFN4/c1-7-8(2)20(11-4-3-9(15)5-10(11)16)14-12(7)13(17)18-6-19-14/h3-6H,1-2H3,(H2,17,18,19). The van der Waals surface area contributed by atoms with E-state index in [1.54, 1.807) is 16.7 Å². The van der Waals surface area contributed by atoms with E-state index in [9.17, 15) is 4.39 Å². The fourth-order valence-corrected chi connectivity index (χ4v) is 2.72. The highest BCUT2D eigenvalue weighted by Crippen LogP contribution is 2.31. The first kappa shape index (κ1) is 13.1. The predicted octanol–water partition coefficient (Wildman–Crippen LogP) is 3.52. The van der Waals surface area contributed by atoms with Crippen molar-refractivity contribution < 1.29 is 4.39 Å². The zero-order valence-corrected chi connectivity index (χ0v) is 12.6. The predicted molar refractivity (Wildman–Crippen MR) is 80.4 cm³/mol. The lowest BCUT2D eigenvalue weighted by molar-refractivity contribution is 0.617. The number of nitrogens with two attached hydrogens (primary N) is 1. The third-order valence-corrected chi connectivity index (χ3v) is 3.97. The van der Waals surface area contributed by atoms with Gasteiger partial charge in [0.05, 0.1) is 11.1 Å². The van der Waals surface area contributed by atoms with E-state index in [4.69, 9.17) is 5.73 Å². The fourth-order valence-electron chi connectivity index (χ4n) is 2.38. The first-order valence-electron chi connectivity index (χ1n) is 6.04. The molecule has 2 heterocycles. The molecule has 3 aromatic rings. The molecular weight excluding hydrogens is 323 g/mol. The summed E-state index contributed by atoms with van der Waals surface area (Å²) in [6.07, 6.45) is 1.39. The number of fused-ring (bicyclic) bond motifs is 1. The summed E-state index contributed by atoms with van der Waals surface area (Å²) in [6.45, 7) is 3.85. The van der Waals surface area contributed by atoms with E-state index >= 15 is 0 Å². The Labute approximate surface area is 123 Å². The Morgan fingerprint density at radius 1 is 1.25 bits per heavy atom. The molecule has 0 aliphatic carbocycles. The quantitative estimate of drug-likeness (QED) is 0.740. The molecule has 0 bridgehead atoms. The van der Waals surface area contributed by atoms with Gasteiger partial charge in [-0.05, 0) is 37.6 Å². The Bertz CT molecular complexity index is 826. The van der Waals surface area contributed by atoms with E-state index in [-0.39, 0.29) is 5.82 Å². The van der Waals surface area contributed by atoms with E-state index in [1.807, 2.05) is 13.8 Å². The molecule has 0 atom stereocenters. The average molecular weight is 335 g/mol. The minimum atomic E-state index is -0.323. The van der Waals surface area contributed by atoms with Gasteiger partial charge in [-0.2, -0.15) is 0 Å². The first-order chi connectivity index (χ1) is 9.50. The summed E-state index contributed by atoms with van der Waals surface area (Å²) in [6, 6.07) is 4.94. The molecule has 3 rings (SSSR count). The maximum atomic E-state index is 14.2. The molecule has 0 amide bonds. The van der Waals surface area contributed by atoms with Crippen molar-refractivity contribution in [1.82, 2.24) is 14.5 Å². The van der Waals surface area contributed by atoms with Crippen LogP contribution in [-0.2, 0) is 0 Å². The van der Waals surface area contributed by atoms with E-state index in [0.717, 1.165) is 16.6 Å². The van der Waals surface area contributed by atoms with E-state index in [2.05, 4.69) is 25.9 Å². The smallest absolute Gasteiger partial charge is 0.150 e. The van der Waals surface area contributed by atoms with Gasteiger partial charge in [0.2, 0.25) is 0 Å². The van der Waals surface area contributed by atoms with Crippen LogP contribution in [-0.4, -0.2) is 14.5 Å². The molecule has 0 spiro atoms. The summed E-state index contributed by atoms with van der Waals surface area (Å²) < 4.78 is 16.7. The number of aryl methyl sites for hydroxylation is 1. The lowest BCUT2D eigenvalue weighted by Crippen LogP contribution is -2.01. The van der Waals surface area contributed by atoms with Crippen molar-refractivity contribution in [1.29, 1.82) is 0 Å². The van der Waals surface area contributed by atoms with Gasteiger partial charge in [0.15, 0.2) is 5.65 Å². The van der Waals surface area contributed by atoms with Crippen LogP contribution in [0.1, 0.15) is 11.3 Å². The van der Waals surface area contributed by atoms with Crippen LogP contribution in [0.25, 0.3) is 16.7 Å². The van der Waals surface area contributed by atoms with Gasteiger partial charge in [-0.1, -0.05) is 15.9 Å². The summed E-state index contributed by atoms with van der Waals surface area (Å²) in [7, 11) is 0. The molecule has 0 saturated carbocycles. The van der Waals surface area contributed by atoms with Crippen molar-refractivity contribution in [3.63, 3.8) is 0 Å².